The van der Waals surface area contributed by atoms with Crippen molar-refractivity contribution < 1.29 is 14.3 Å². The fourth-order valence-corrected chi connectivity index (χ4v) is 4.91. The van der Waals surface area contributed by atoms with E-state index in [0.29, 0.717) is 17.9 Å². The molecule has 1 aromatic heterocycles. The van der Waals surface area contributed by atoms with Crippen LogP contribution in [0.4, 0.5) is 11.4 Å². The van der Waals surface area contributed by atoms with Crippen molar-refractivity contribution in [2.75, 3.05) is 56.1 Å². The van der Waals surface area contributed by atoms with Gasteiger partial charge in [-0.3, -0.25) is 14.5 Å². The molecule has 1 saturated heterocycles. The molecule has 0 aliphatic carbocycles. The first-order valence-corrected chi connectivity index (χ1v) is 12.5. The molecule has 2 aliphatic rings. The largest absolute Gasteiger partial charge is 0.377 e. The summed E-state index contributed by atoms with van der Waals surface area (Å²) in [5.41, 5.74) is 2.72. The van der Waals surface area contributed by atoms with E-state index in [9.17, 15) is 9.59 Å². The fourth-order valence-electron chi connectivity index (χ4n) is 4.15. The highest BCUT2D eigenvalue weighted by atomic mass is 32.1. The third-order valence-electron chi connectivity index (χ3n) is 6.02. The number of nitrogens with zero attached hydrogens (tertiary/aromatic N) is 3. The number of thiophene rings is 1. The molecule has 0 atom stereocenters. The molecule has 0 bridgehead atoms. The molecular formula is C25H32N4O3S. The quantitative estimate of drug-likeness (QED) is 0.569. The smallest absolute Gasteiger partial charge is 0.278 e. The van der Waals surface area contributed by atoms with Gasteiger partial charge in [0, 0.05) is 42.4 Å². The molecule has 8 heteroatoms. The van der Waals surface area contributed by atoms with Crippen molar-refractivity contribution in [1.82, 2.24) is 9.80 Å². The summed E-state index contributed by atoms with van der Waals surface area (Å²) in [6.07, 6.45) is 0.0450. The monoisotopic (exact) mass is 468 g/mol. The normalized spacial score (nSPS) is 17.6. The van der Waals surface area contributed by atoms with Gasteiger partial charge in [0.2, 0.25) is 0 Å². The van der Waals surface area contributed by atoms with Crippen LogP contribution in [0, 0.1) is 0 Å². The van der Waals surface area contributed by atoms with E-state index >= 15 is 0 Å². The zero-order valence-electron chi connectivity index (χ0n) is 19.5. The molecule has 0 radical (unpaired) electrons. The molecule has 3 heterocycles. The Morgan fingerprint density at radius 3 is 2.36 bits per heavy atom. The number of rotatable bonds is 9. The number of amides is 2. The lowest BCUT2D eigenvalue weighted by atomic mass is 10.1. The molecule has 33 heavy (non-hydrogen) atoms. The summed E-state index contributed by atoms with van der Waals surface area (Å²) in [5.74, 6) is -0.585. The topological polar surface area (TPSA) is 65.1 Å². The first kappa shape index (κ1) is 23.5. The molecule has 0 unspecified atom stereocenters. The maximum Gasteiger partial charge on any atom is 0.278 e. The predicted octanol–water partition coefficient (Wildman–Crippen LogP) is 3.51. The van der Waals surface area contributed by atoms with Gasteiger partial charge in [-0.05, 0) is 56.1 Å². The van der Waals surface area contributed by atoms with Gasteiger partial charge in [-0.2, -0.15) is 0 Å². The van der Waals surface area contributed by atoms with Gasteiger partial charge < -0.3 is 19.9 Å². The van der Waals surface area contributed by atoms with Crippen LogP contribution in [-0.2, 0) is 14.3 Å². The number of imide groups is 1. The minimum absolute atomic E-state index is 0.0450. The number of carbonyl (C=O) groups excluding carboxylic acids is 2. The first-order valence-electron chi connectivity index (χ1n) is 11.6. The maximum atomic E-state index is 13.2. The van der Waals surface area contributed by atoms with Crippen LogP contribution in [0.2, 0.25) is 0 Å². The van der Waals surface area contributed by atoms with E-state index in [0.717, 1.165) is 43.3 Å². The minimum Gasteiger partial charge on any atom is -0.377 e. The van der Waals surface area contributed by atoms with Crippen molar-refractivity contribution in [3.8, 4) is 0 Å². The molecule has 0 spiro atoms. The Morgan fingerprint density at radius 2 is 1.76 bits per heavy atom. The van der Waals surface area contributed by atoms with E-state index < -0.39 is 0 Å². The van der Waals surface area contributed by atoms with E-state index in [4.69, 9.17) is 4.74 Å². The van der Waals surface area contributed by atoms with Gasteiger partial charge in [0.1, 0.15) is 5.70 Å². The van der Waals surface area contributed by atoms with Crippen LogP contribution < -0.4 is 10.2 Å². The van der Waals surface area contributed by atoms with Gasteiger partial charge in [-0.25, -0.2) is 0 Å². The highest BCUT2D eigenvalue weighted by Crippen LogP contribution is 2.33. The van der Waals surface area contributed by atoms with Crippen molar-refractivity contribution in [2.24, 2.45) is 0 Å². The lowest BCUT2D eigenvalue weighted by molar-refractivity contribution is -0.137. The van der Waals surface area contributed by atoms with Crippen LogP contribution in [0.5, 0.6) is 0 Å². The highest BCUT2D eigenvalue weighted by molar-refractivity contribution is 7.11. The summed E-state index contributed by atoms with van der Waals surface area (Å²) < 4.78 is 5.57. The van der Waals surface area contributed by atoms with E-state index in [-0.39, 0.29) is 24.5 Å². The summed E-state index contributed by atoms with van der Waals surface area (Å²) in [7, 11) is 0. The Bertz CT molecular complexity index is 993. The molecule has 0 saturated carbocycles. The fraction of sp³-hybridized carbons (Fsp3) is 0.440. The van der Waals surface area contributed by atoms with E-state index in [1.165, 1.54) is 21.9 Å². The Balaban J connectivity index is 1.51. The first-order chi connectivity index (χ1) is 16.0. The Hall–Kier alpha value is -2.68. The third-order valence-corrected chi connectivity index (χ3v) is 6.91. The summed E-state index contributed by atoms with van der Waals surface area (Å²) in [4.78, 5) is 33.2. The zero-order valence-corrected chi connectivity index (χ0v) is 20.4. The standard InChI is InChI=1S/C25H32N4O3S/c1-4-27-11-13-28(14-12-27)20-9-7-19(8-10-20)26-23-22(21-6-5-17-33-21)24(30)29(25(23)31)15-16-32-18(2)3/h5-10,17-18,26H,4,11-16H2,1-3H3. The van der Waals surface area contributed by atoms with Crippen molar-refractivity contribution in [1.29, 1.82) is 0 Å². The second-order valence-corrected chi connectivity index (χ2v) is 9.45. The molecule has 2 aliphatic heterocycles. The highest BCUT2D eigenvalue weighted by Gasteiger charge is 2.39. The molecule has 2 aromatic rings. The average Bonchev–Trinajstić information content (AvgIpc) is 3.42. The summed E-state index contributed by atoms with van der Waals surface area (Å²) in [5, 5.41) is 5.15. The molecule has 1 aromatic carbocycles. The lowest BCUT2D eigenvalue weighted by Crippen LogP contribution is -2.46. The number of hydrogen-bond donors (Lipinski definition) is 1. The molecule has 1 fully saturated rings. The predicted molar refractivity (Wildman–Crippen MR) is 133 cm³/mol. The number of carbonyl (C=O) groups is 2. The van der Waals surface area contributed by atoms with Crippen LogP contribution in [-0.4, -0.2) is 73.6 Å². The van der Waals surface area contributed by atoms with Crippen LogP contribution >= 0.6 is 11.3 Å². The van der Waals surface area contributed by atoms with E-state index in [2.05, 4.69) is 34.2 Å². The van der Waals surface area contributed by atoms with Crippen LogP contribution in [0.15, 0.2) is 47.5 Å². The summed E-state index contributed by atoms with van der Waals surface area (Å²) in [6, 6.07) is 11.9. The van der Waals surface area contributed by atoms with Gasteiger partial charge in [0.25, 0.3) is 11.8 Å². The Morgan fingerprint density at radius 1 is 1.03 bits per heavy atom. The number of nitrogens with one attached hydrogen (secondary N) is 1. The Labute approximate surface area is 199 Å². The third kappa shape index (κ3) is 5.29. The van der Waals surface area contributed by atoms with Gasteiger partial charge in [0.15, 0.2) is 0 Å². The van der Waals surface area contributed by atoms with Crippen molar-refractivity contribution in [2.45, 2.75) is 26.9 Å². The number of benzene rings is 1. The van der Waals surface area contributed by atoms with Crippen LogP contribution in [0.3, 0.4) is 0 Å². The summed E-state index contributed by atoms with van der Waals surface area (Å²) >= 11 is 1.45. The van der Waals surface area contributed by atoms with E-state index in [1.807, 2.05) is 43.5 Å². The van der Waals surface area contributed by atoms with Gasteiger partial charge >= 0.3 is 0 Å². The SMILES string of the molecule is CCN1CCN(c2ccc(NC3=C(c4cccs4)C(=O)N(CCOC(C)C)C3=O)cc2)CC1. The average molecular weight is 469 g/mol. The van der Waals surface area contributed by atoms with Crippen LogP contribution in [0.1, 0.15) is 25.6 Å². The molecular weight excluding hydrogens is 436 g/mol. The lowest BCUT2D eigenvalue weighted by Gasteiger charge is -2.35. The minimum atomic E-state index is -0.310. The van der Waals surface area contributed by atoms with Crippen molar-refractivity contribution in [3.63, 3.8) is 0 Å². The summed E-state index contributed by atoms with van der Waals surface area (Å²) in [6.45, 7) is 11.9. The number of likely N-dealkylation sites (N-methyl/N-ethyl adjacent to an activating group) is 1. The van der Waals surface area contributed by atoms with Crippen molar-refractivity contribution >= 4 is 40.1 Å². The van der Waals surface area contributed by atoms with E-state index in [1.54, 1.807) is 0 Å². The number of piperazine rings is 1. The number of ether oxygens (including phenoxy) is 1. The van der Waals surface area contributed by atoms with Gasteiger partial charge in [0.05, 0.1) is 24.8 Å². The Kier molecular flexibility index (Phi) is 7.47. The van der Waals surface area contributed by atoms with Crippen molar-refractivity contribution in [3.05, 3.63) is 52.4 Å². The maximum absolute atomic E-state index is 13.2. The number of hydrogen-bond acceptors (Lipinski definition) is 7. The molecule has 176 valence electrons. The molecule has 2 amide bonds. The molecule has 4 rings (SSSR count). The second kappa shape index (κ2) is 10.5. The van der Waals surface area contributed by atoms with Crippen LogP contribution in [0.25, 0.3) is 5.57 Å². The molecule has 7 nitrogen and oxygen atoms in total. The second-order valence-electron chi connectivity index (χ2n) is 8.50. The van der Waals surface area contributed by atoms with Gasteiger partial charge in [-0.1, -0.05) is 13.0 Å². The number of anilines is 2. The van der Waals surface area contributed by atoms with Gasteiger partial charge in [-0.15, -0.1) is 11.3 Å². The zero-order chi connectivity index (χ0) is 23.4. The molecule has 1 N–H and O–H groups in total.